The van der Waals surface area contributed by atoms with Crippen LogP contribution >= 0.6 is 0 Å². The van der Waals surface area contributed by atoms with E-state index < -0.39 is 165 Å². The third-order valence-corrected chi connectivity index (χ3v) is 14.2. The van der Waals surface area contributed by atoms with Gasteiger partial charge in [-0.25, -0.2) is 0 Å². The van der Waals surface area contributed by atoms with Crippen molar-refractivity contribution in [2.45, 2.75) is 227 Å². The lowest BCUT2D eigenvalue weighted by Gasteiger charge is -2.45. The van der Waals surface area contributed by atoms with Crippen molar-refractivity contribution >= 4 is 11.9 Å². The number of nitrogens with two attached hydrogens (primary N) is 1. The molecule has 21 heteroatoms. The van der Waals surface area contributed by atoms with Gasteiger partial charge in [0.05, 0.1) is 91.8 Å². The van der Waals surface area contributed by atoms with Crippen LogP contribution in [-0.2, 0) is 38.0 Å². The molecule has 0 saturated carbocycles. The second kappa shape index (κ2) is 30.6. The fraction of sp³-hybridized carbons (Fsp3) is 0.736. The summed E-state index contributed by atoms with van der Waals surface area (Å²) in [5.41, 5.74) is 6.04. The topological polar surface area (TPSA) is 358 Å². The third-order valence-electron chi connectivity index (χ3n) is 14.2. The molecule has 3 fully saturated rings. The van der Waals surface area contributed by atoms with Crippen LogP contribution < -0.4 is 5.73 Å². The summed E-state index contributed by atoms with van der Waals surface area (Å²) >= 11 is 0. The first-order chi connectivity index (χ1) is 34.9. The molecular formula is C53H85NO20. The summed E-state index contributed by atoms with van der Waals surface area (Å²) in [4.78, 5) is 25.6. The molecule has 4 aliphatic rings. The van der Waals surface area contributed by atoms with Gasteiger partial charge in [-0.1, -0.05) is 86.8 Å². The highest BCUT2D eigenvalue weighted by molar-refractivity contribution is 5.71. The minimum atomic E-state index is -2.37. The number of carbonyl (C=O) groups is 2. The SMILES string of the molecule is C[C@@H]1[C@H](OC2C[C@@H](O)[C@@H](O)[C@H](C)O2)[C@@H](C)/C=C/C=C/CC/C=C/C=C/C=C/C=C\[C@H](O[C@@H]2O[C@H](C)[C@@H](O)[C@H](N)[C@@H]2O)C[C@@H]2O[C@](O)(C[C@@H](O)[C@H](O)CC[C@@H](O)C[C@@H](O)C[C@@H](O)CC(=O)O[C@H]1C)C[C@H](O)[C@H]2C(=O)O. The fourth-order valence-electron chi connectivity index (χ4n) is 9.63. The summed E-state index contributed by atoms with van der Waals surface area (Å²) in [5.74, 6) is -6.88. The van der Waals surface area contributed by atoms with Crippen molar-refractivity contribution in [1.29, 1.82) is 0 Å². The quantitative estimate of drug-likeness (QED) is 0.170. The van der Waals surface area contributed by atoms with Crippen LogP contribution in [0.2, 0.25) is 0 Å². The van der Waals surface area contributed by atoms with Crippen LogP contribution in [0.1, 0.15) is 105 Å². The Hall–Kier alpha value is -3.30. The predicted molar refractivity (Wildman–Crippen MR) is 267 cm³/mol. The molecule has 3 saturated heterocycles. The number of hydrogen-bond donors (Lipinski definition) is 13. The molecule has 4 rings (SSSR count). The number of aliphatic carboxylic acids is 1. The number of ether oxygens (including phenoxy) is 6. The van der Waals surface area contributed by atoms with Crippen molar-refractivity contribution in [3.8, 4) is 0 Å². The Labute approximate surface area is 433 Å². The van der Waals surface area contributed by atoms with E-state index >= 15 is 0 Å². The van der Waals surface area contributed by atoms with E-state index in [1.54, 1.807) is 38.2 Å². The van der Waals surface area contributed by atoms with E-state index in [9.17, 15) is 70.9 Å². The Bertz CT molecular complexity index is 1870. The molecular weight excluding hydrogens is 971 g/mol. The van der Waals surface area contributed by atoms with Gasteiger partial charge in [-0.15, -0.1) is 0 Å². The van der Waals surface area contributed by atoms with Crippen molar-refractivity contribution in [1.82, 2.24) is 0 Å². The number of rotatable bonds is 5. The minimum Gasteiger partial charge on any atom is -0.481 e. The number of cyclic esters (lactones) is 1. The van der Waals surface area contributed by atoms with Crippen molar-refractivity contribution < 1.29 is 99.3 Å². The van der Waals surface area contributed by atoms with E-state index in [2.05, 4.69) is 0 Å². The average Bonchev–Trinajstić information content (AvgIpc) is 3.31. The third kappa shape index (κ3) is 19.9. The highest BCUT2D eigenvalue weighted by Crippen LogP contribution is 2.38. The zero-order valence-electron chi connectivity index (χ0n) is 43.1. The van der Waals surface area contributed by atoms with Gasteiger partial charge in [0.2, 0.25) is 0 Å². The summed E-state index contributed by atoms with van der Waals surface area (Å²) in [6.45, 7) is 8.61. The van der Waals surface area contributed by atoms with Gasteiger partial charge in [-0.3, -0.25) is 9.59 Å². The summed E-state index contributed by atoms with van der Waals surface area (Å²) in [5, 5.41) is 129. The van der Waals surface area contributed by atoms with Crippen LogP contribution in [0.25, 0.3) is 0 Å². The Balaban J connectivity index is 1.55. The molecule has 0 aromatic rings. The maximum atomic E-state index is 13.1. The van der Waals surface area contributed by atoms with Crippen molar-refractivity contribution in [3.63, 3.8) is 0 Å². The first-order valence-corrected chi connectivity index (χ1v) is 25.9. The smallest absolute Gasteiger partial charge is 0.311 e. The van der Waals surface area contributed by atoms with Gasteiger partial charge in [-0.05, 0) is 59.3 Å². The number of fused-ring (bicyclic) bond motifs is 2. The molecule has 0 amide bonds. The van der Waals surface area contributed by atoms with Gasteiger partial charge in [0.25, 0.3) is 0 Å². The Morgan fingerprint density at radius 2 is 1.23 bits per heavy atom. The van der Waals surface area contributed by atoms with Crippen LogP contribution in [0.4, 0.5) is 0 Å². The van der Waals surface area contributed by atoms with Gasteiger partial charge in [0.1, 0.15) is 24.2 Å². The van der Waals surface area contributed by atoms with Gasteiger partial charge in [0, 0.05) is 37.5 Å². The standard InChI is InChI=1S/C53H85NO20/c1-29-18-16-14-12-10-8-6-7-9-11-13-15-17-19-37(72-52-49(65)46(54)48(64)33(5)71-52)25-42-45(51(66)67)41(61)28-53(68,74-42)27-40(60)38(58)21-20-34(55)22-35(56)23-36(57)24-43(62)69-31(3)30(2)50(29)73-44-26-39(59)47(63)32(4)70-44/h6-7,9,11-19,29-42,44-50,52,55-61,63-65,68H,8,10,20-28,54H2,1-5H3,(H,66,67)/b7-6+,11-9+,14-12+,15-13+,18-16+,19-17-/t29-,30-,31-,32-,33+,34+,35+,36+,37-,38+,39+,40+,41-,42-,44?,45+,46-,47-,48+,49-,50+,52-,53+/m0/s1. The minimum absolute atomic E-state index is 0.0208. The van der Waals surface area contributed by atoms with Crippen LogP contribution in [0, 0.1) is 17.8 Å². The number of esters is 1. The number of carbonyl (C=O) groups excluding carboxylic acids is 1. The molecule has 0 aromatic heterocycles. The number of aliphatic hydroxyl groups excluding tert-OH is 10. The molecule has 2 bridgehead atoms. The first kappa shape index (κ1) is 63.2. The van der Waals surface area contributed by atoms with E-state index in [0.29, 0.717) is 0 Å². The van der Waals surface area contributed by atoms with Crippen molar-refractivity contribution in [2.24, 2.45) is 23.5 Å². The van der Waals surface area contributed by atoms with Crippen molar-refractivity contribution in [2.75, 3.05) is 0 Å². The first-order valence-electron chi connectivity index (χ1n) is 25.9. The second-order valence-corrected chi connectivity index (χ2v) is 20.5. The molecule has 0 aliphatic carbocycles. The average molecular weight is 1060 g/mol. The van der Waals surface area contributed by atoms with E-state index in [4.69, 9.17) is 34.2 Å². The number of allylic oxidation sites excluding steroid dienone is 10. The molecule has 1 unspecified atom stereocenters. The fourth-order valence-corrected chi connectivity index (χ4v) is 9.63. The number of carboxylic acid groups (broad SMARTS) is 1. The monoisotopic (exact) mass is 1060 g/mol. The second-order valence-electron chi connectivity index (χ2n) is 20.5. The van der Waals surface area contributed by atoms with Crippen LogP contribution in [0.15, 0.2) is 72.9 Å². The van der Waals surface area contributed by atoms with Gasteiger partial charge >= 0.3 is 11.9 Å². The number of aliphatic hydroxyl groups is 11. The largest absolute Gasteiger partial charge is 0.481 e. The lowest BCUT2D eigenvalue weighted by Crippen LogP contribution is -2.61. The van der Waals surface area contributed by atoms with Gasteiger partial charge in [0.15, 0.2) is 18.4 Å². The highest BCUT2D eigenvalue weighted by atomic mass is 16.7. The van der Waals surface area contributed by atoms with E-state index in [0.717, 1.165) is 12.8 Å². The lowest BCUT2D eigenvalue weighted by atomic mass is 9.82. The molecule has 74 heavy (non-hydrogen) atoms. The normalized spacial score (nSPS) is 46.5. The summed E-state index contributed by atoms with van der Waals surface area (Å²) in [6, 6.07) is -1.16. The molecule has 4 aliphatic heterocycles. The molecule has 21 nitrogen and oxygen atoms in total. The van der Waals surface area contributed by atoms with Crippen LogP contribution in [0.3, 0.4) is 0 Å². The van der Waals surface area contributed by atoms with Crippen LogP contribution in [-0.4, -0.2) is 195 Å². The Morgan fingerprint density at radius 1 is 0.635 bits per heavy atom. The maximum Gasteiger partial charge on any atom is 0.311 e. The van der Waals surface area contributed by atoms with Gasteiger partial charge < -0.3 is 95.4 Å². The van der Waals surface area contributed by atoms with E-state index in [1.165, 1.54) is 13.0 Å². The van der Waals surface area contributed by atoms with E-state index in [-0.39, 0.29) is 44.4 Å². The molecule has 0 aromatic carbocycles. The molecule has 4 heterocycles. The van der Waals surface area contributed by atoms with E-state index in [1.807, 2.05) is 56.4 Å². The number of hydrogen-bond acceptors (Lipinski definition) is 20. The van der Waals surface area contributed by atoms with Crippen molar-refractivity contribution in [3.05, 3.63) is 72.9 Å². The zero-order valence-corrected chi connectivity index (χ0v) is 43.1. The molecule has 422 valence electrons. The van der Waals surface area contributed by atoms with Gasteiger partial charge in [-0.2, -0.15) is 0 Å². The summed E-state index contributed by atoms with van der Waals surface area (Å²) < 4.78 is 35.8. The Kier molecular flexibility index (Phi) is 26.1. The molecule has 14 N–H and O–H groups in total. The predicted octanol–water partition coefficient (Wildman–Crippen LogP) is 0.817. The molecule has 0 radical (unpaired) electrons. The highest BCUT2D eigenvalue weighted by Gasteiger charge is 2.51. The molecule has 0 spiro atoms. The Morgan fingerprint density at radius 3 is 1.89 bits per heavy atom. The summed E-state index contributed by atoms with van der Waals surface area (Å²) in [6.07, 6.45) is -1.63. The zero-order chi connectivity index (χ0) is 54.9. The number of carboxylic acids is 1. The molecule has 23 atom stereocenters. The lowest BCUT2D eigenvalue weighted by molar-refractivity contribution is -0.310. The maximum absolute atomic E-state index is 13.1. The summed E-state index contributed by atoms with van der Waals surface area (Å²) in [7, 11) is 0. The van der Waals surface area contributed by atoms with Crippen LogP contribution in [0.5, 0.6) is 0 Å².